The van der Waals surface area contributed by atoms with Gasteiger partial charge in [0.25, 0.3) is 0 Å². The van der Waals surface area contributed by atoms with Crippen molar-refractivity contribution in [1.82, 2.24) is 0 Å². The molecule has 0 heterocycles. The van der Waals surface area contributed by atoms with Gasteiger partial charge in [-0.25, -0.2) is 0 Å². The molecule has 0 spiro atoms. The minimum Gasteiger partial charge on any atom is -0.397 e. The molecule has 0 unspecified atom stereocenters. The van der Waals surface area contributed by atoms with E-state index in [0.717, 1.165) is 25.7 Å². The number of fused-ring (bicyclic) bond motifs is 1. The van der Waals surface area contributed by atoms with Crippen molar-refractivity contribution in [1.29, 1.82) is 0 Å². The number of carbonyl (C=O) groups excluding carboxylic acids is 1. The molecule has 1 aromatic carbocycles. The lowest BCUT2D eigenvalue weighted by Gasteiger charge is -2.23. The Morgan fingerprint density at radius 2 is 1.53 bits per heavy atom. The van der Waals surface area contributed by atoms with Crippen molar-refractivity contribution in [2.45, 2.75) is 32.6 Å². The SMILES string of the molecule is CC1(C(N)=O)CCc2cc(N)c(N)cc2CC1. The second kappa shape index (κ2) is 3.95. The molecule has 0 saturated heterocycles. The molecule has 4 heteroatoms. The minimum atomic E-state index is -0.414. The summed E-state index contributed by atoms with van der Waals surface area (Å²) >= 11 is 0. The van der Waals surface area contributed by atoms with Crippen LogP contribution in [0.4, 0.5) is 11.4 Å². The van der Waals surface area contributed by atoms with Gasteiger partial charge in [0.2, 0.25) is 5.91 Å². The Bertz CT molecular complexity index is 435. The molecule has 0 bridgehead atoms. The summed E-state index contributed by atoms with van der Waals surface area (Å²) in [5.41, 5.74) is 20.3. The number of carbonyl (C=O) groups is 1. The van der Waals surface area contributed by atoms with Gasteiger partial charge in [-0.05, 0) is 48.9 Å². The number of amides is 1. The number of hydrogen-bond acceptors (Lipinski definition) is 3. The topological polar surface area (TPSA) is 95.1 Å². The number of nitrogens with two attached hydrogens (primary N) is 3. The van der Waals surface area contributed by atoms with Gasteiger partial charge < -0.3 is 17.2 Å². The van der Waals surface area contributed by atoms with Gasteiger partial charge in [-0.3, -0.25) is 4.79 Å². The van der Waals surface area contributed by atoms with Crippen LogP contribution in [0.1, 0.15) is 30.9 Å². The van der Waals surface area contributed by atoms with Gasteiger partial charge in [0, 0.05) is 5.41 Å². The zero-order valence-corrected chi connectivity index (χ0v) is 10.1. The van der Waals surface area contributed by atoms with Gasteiger partial charge in [0.15, 0.2) is 0 Å². The van der Waals surface area contributed by atoms with Crippen LogP contribution in [0, 0.1) is 5.41 Å². The van der Waals surface area contributed by atoms with E-state index in [9.17, 15) is 4.79 Å². The third-order valence-corrected chi connectivity index (χ3v) is 3.89. The number of hydrogen-bond donors (Lipinski definition) is 3. The zero-order chi connectivity index (χ0) is 12.6. The highest BCUT2D eigenvalue weighted by molar-refractivity contribution is 5.80. The van der Waals surface area contributed by atoms with E-state index in [4.69, 9.17) is 17.2 Å². The second-order valence-electron chi connectivity index (χ2n) is 5.17. The summed E-state index contributed by atoms with van der Waals surface area (Å²) in [5, 5.41) is 0. The van der Waals surface area contributed by atoms with Crippen molar-refractivity contribution in [3.05, 3.63) is 23.3 Å². The van der Waals surface area contributed by atoms with Gasteiger partial charge in [-0.1, -0.05) is 6.92 Å². The third kappa shape index (κ3) is 2.07. The van der Waals surface area contributed by atoms with Crippen molar-refractivity contribution in [2.75, 3.05) is 11.5 Å². The molecule has 1 amide bonds. The van der Waals surface area contributed by atoms with Crippen molar-refractivity contribution in [3.8, 4) is 0 Å². The average Bonchev–Trinajstić information content (AvgIpc) is 2.42. The van der Waals surface area contributed by atoms with Crippen LogP contribution in [0.5, 0.6) is 0 Å². The molecule has 92 valence electrons. The standard InChI is InChI=1S/C13H19N3O/c1-13(12(16)17)4-2-8-6-10(14)11(15)7-9(8)3-5-13/h6-7H,2-5,14-15H2,1H3,(H2,16,17). The normalized spacial score (nSPS) is 18.2. The first kappa shape index (κ1) is 11.8. The van der Waals surface area contributed by atoms with Crippen LogP contribution < -0.4 is 17.2 Å². The lowest BCUT2D eigenvalue weighted by molar-refractivity contribution is -0.127. The van der Waals surface area contributed by atoms with Crippen LogP contribution in [0.25, 0.3) is 0 Å². The Balaban J connectivity index is 2.33. The minimum absolute atomic E-state index is 0.216. The number of nitrogen functional groups attached to an aromatic ring is 2. The highest BCUT2D eigenvalue weighted by Gasteiger charge is 2.32. The van der Waals surface area contributed by atoms with Crippen LogP contribution in [0.2, 0.25) is 0 Å². The first-order valence-electron chi connectivity index (χ1n) is 5.89. The van der Waals surface area contributed by atoms with E-state index in [1.807, 2.05) is 19.1 Å². The molecule has 0 fully saturated rings. The Morgan fingerprint density at radius 3 is 1.88 bits per heavy atom. The van der Waals surface area contributed by atoms with Crippen LogP contribution in [-0.4, -0.2) is 5.91 Å². The summed E-state index contributed by atoms with van der Waals surface area (Å²) in [4.78, 5) is 11.5. The largest absolute Gasteiger partial charge is 0.397 e. The molecule has 0 atom stereocenters. The number of primary amides is 1. The van der Waals surface area contributed by atoms with Crippen molar-refractivity contribution < 1.29 is 4.79 Å². The van der Waals surface area contributed by atoms with E-state index in [1.54, 1.807) is 0 Å². The maximum Gasteiger partial charge on any atom is 0.223 e. The zero-order valence-electron chi connectivity index (χ0n) is 10.1. The van der Waals surface area contributed by atoms with Crippen LogP contribution >= 0.6 is 0 Å². The van der Waals surface area contributed by atoms with E-state index >= 15 is 0 Å². The number of benzene rings is 1. The maximum atomic E-state index is 11.5. The molecule has 1 aliphatic carbocycles. The smallest absolute Gasteiger partial charge is 0.223 e. The van der Waals surface area contributed by atoms with E-state index in [1.165, 1.54) is 11.1 Å². The molecule has 1 aliphatic rings. The van der Waals surface area contributed by atoms with Gasteiger partial charge in [-0.2, -0.15) is 0 Å². The highest BCUT2D eigenvalue weighted by Crippen LogP contribution is 2.35. The number of anilines is 2. The number of aryl methyl sites for hydroxylation is 2. The van der Waals surface area contributed by atoms with Crippen molar-refractivity contribution in [2.24, 2.45) is 11.1 Å². The maximum absolute atomic E-state index is 11.5. The van der Waals surface area contributed by atoms with Crippen LogP contribution in [0.3, 0.4) is 0 Å². The predicted molar refractivity (Wildman–Crippen MR) is 69.2 cm³/mol. The van der Waals surface area contributed by atoms with Crippen LogP contribution in [-0.2, 0) is 17.6 Å². The Kier molecular flexibility index (Phi) is 2.73. The Morgan fingerprint density at radius 1 is 1.12 bits per heavy atom. The van der Waals surface area contributed by atoms with E-state index < -0.39 is 5.41 Å². The molecule has 6 N–H and O–H groups in total. The first-order valence-corrected chi connectivity index (χ1v) is 5.89. The number of rotatable bonds is 1. The summed E-state index contributed by atoms with van der Waals surface area (Å²) in [6, 6.07) is 3.86. The summed E-state index contributed by atoms with van der Waals surface area (Å²) in [6.07, 6.45) is 3.22. The average molecular weight is 233 g/mol. The van der Waals surface area contributed by atoms with Gasteiger partial charge >= 0.3 is 0 Å². The highest BCUT2D eigenvalue weighted by atomic mass is 16.1. The van der Waals surface area contributed by atoms with Crippen molar-refractivity contribution in [3.63, 3.8) is 0 Å². The van der Waals surface area contributed by atoms with E-state index in [-0.39, 0.29) is 5.91 Å². The molecule has 1 aromatic rings. The van der Waals surface area contributed by atoms with E-state index in [0.29, 0.717) is 11.4 Å². The molecule has 2 rings (SSSR count). The van der Waals surface area contributed by atoms with Crippen LogP contribution in [0.15, 0.2) is 12.1 Å². The molecule has 0 aliphatic heterocycles. The lowest BCUT2D eigenvalue weighted by atomic mass is 9.81. The quantitative estimate of drug-likeness (QED) is 0.502. The molecular weight excluding hydrogens is 214 g/mol. The molecule has 0 aromatic heterocycles. The van der Waals surface area contributed by atoms with Crippen molar-refractivity contribution >= 4 is 17.3 Å². The molecule has 4 nitrogen and oxygen atoms in total. The second-order valence-corrected chi connectivity index (χ2v) is 5.17. The van der Waals surface area contributed by atoms with Gasteiger partial charge in [0.1, 0.15) is 0 Å². The van der Waals surface area contributed by atoms with E-state index in [2.05, 4.69) is 0 Å². The fourth-order valence-electron chi connectivity index (χ4n) is 2.39. The fraction of sp³-hybridized carbons (Fsp3) is 0.462. The molecular formula is C13H19N3O. The van der Waals surface area contributed by atoms with Gasteiger partial charge in [-0.15, -0.1) is 0 Å². The monoisotopic (exact) mass is 233 g/mol. The third-order valence-electron chi connectivity index (χ3n) is 3.89. The summed E-state index contributed by atoms with van der Waals surface area (Å²) in [6.45, 7) is 1.94. The lowest BCUT2D eigenvalue weighted by Crippen LogP contribution is -2.34. The fourth-order valence-corrected chi connectivity index (χ4v) is 2.39. The summed E-state index contributed by atoms with van der Waals surface area (Å²) in [7, 11) is 0. The summed E-state index contributed by atoms with van der Waals surface area (Å²) < 4.78 is 0. The van der Waals surface area contributed by atoms with Gasteiger partial charge in [0.05, 0.1) is 11.4 Å². The first-order chi connectivity index (χ1) is 7.92. The Hall–Kier alpha value is -1.71. The summed E-state index contributed by atoms with van der Waals surface area (Å²) in [5.74, 6) is -0.216. The molecule has 0 radical (unpaired) electrons. The molecule has 0 saturated carbocycles. The Labute approximate surface area is 101 Å². The molecule has 17 heavy (non-hydrogen) atoms. The predicted octanol–water partition coefficient (Wildman–Crippen LogP) is 1.22.